The number of pyridine rings is 2. The van der Waals surface area contributed by atoms with Crippen molar-refractivity contribution in [1.82, 2.24) is 19.1 Å². The van der Waals surface area contributed by atoms with Crippen LogP contribution in [-0.4, -0.2) is 19.1 Å². The van der Waals surface area contributed by atoms with Crippen molar-refractivity contribution in [2.24, 2.45) is 0 Å². The lowest BCUT2D eigenvalue weighted by molar-refractivity contribution is 0.596. The third-order valence-corrected chi connectivity index (χ3v) is 8.44. The summed E-state index contributed by atoms with van der Waals surface area (Å²) < 4.78 is 4.52. The molecule has 0 amide bonds. The van der Waals surface area contributed by atoms with Crippen LogP contribution in [0.5, 0.6) is 0 Å². The Morgan fingerprint density at radius 1 is 0.488 bits per heavy atom. The summed E-state index contributed by atoms with van der Waals surface area (Å²) in [5.41, 5.74) is 10.6. The Morgan fingerprint density at radius 2 is 0.907 bits per heavy atom. The smallest absolute Gasteiger partial charge is 0.0873 e. The average molecular weight is 565 g/mol. The van der Waals surface area contributed by atoms with Crippen LogP contribution in [-0.2, 0) is 5.41 Å². The molecule has 0 atom stereocenters. The Balaban J connectivity index is 1.38. The zero-order valence-corrected chi connectivity index (χ0v) is 26.0. The van der Waals surface area contributed by atoms with E-state index in [2.05, 4.69) is 172 Å². The summed E-state index contributed by atoms with van der Waals surface area (Å²) in [5, 5.41) is 0. The second-order valence-electron chi connectivity index (χ2n) is 12.4. The lowest BCUT2D eigenvalue weighted by Gasteiger charge is -2.25. The molecule has 0 saturated carbocycles. The molecule has 216 valence electrons. The Labute approximate surface area is 255 Å². The molecule has 0 fully saturated rings. The number of nitrogens with zero attached hydrogens (tertiary/aromatic N) is 4. The molecule has 4 nitrogen and oxygen atoms in total. The van der Waals surface area contributed by atoms with E-state index in [1.54, 1.807) is 0 Å². The molecular formula is C39H40N4. The molecule has 4 heterocycles. The first-order chi connectivity index (χ1) is 20.8. The van der Waals surface area contributed by atoms with E-state index in [0.717, 1.165) is 34.2 Å². The molecule has 6 rings (SSSR count). The normalized spacial score (nSPS) is 11.9. The summed E-state index contributed by atoms with van der Waals surface area (Å²) >= 11 is 0. The molecule has 0 aliphatic heterocycles. The van der Waals surface area contributed by atoms with E-state index in [-0.39, 0.29) is 0 Å². The van der Waals surface area contributed by atoms with Crippen molar-refractivity contribution < 1.29 is 0 Å². The van der Waals surface area contributed by atoms with E-state index in [1.807, 2.05) is 0 Å². The molecule has 0 saturated heterocycles. The first kappa shape index (κ1) is 28.4. The number of rotatable bonds is 8. The maximum absolute atomic E-state index is 5.25. The van der Waals surface area contributed by atoms with Crippen molar-refractivity contribution in [1.29, 1.82) is 0 Å². The summed E-state index contributed by atoms with van der Waals surface area (Å²) in [5.74, 6) is 0.839. The average Bonchev–Trinajstić information content (AvgIpc) is 3.72. The van der Waals surface area contributed by atoms with Crippen LogP contribution in [0.25, 0.3) is 34.2 Å². The molecular weight excluding hydrogens is 524 g/mol. The van der Waals surface area contributed by atoms with E-state index in [0.29, 0.717) is 11.8 Å². The van der Waals surface area contributed by atoms with Crippen LogP contribution >= 0.6 is 0 Å². The van der Waals surface area contributed by atoms with Crippen LogP contribution < -0.4 is 0 Å². The van der Waals surface area contributed by atoms with Crippen molar-refractivity contribution in [3.8, 4) is 34.2 Å². The second-order valence-corrected chi connectivity index (χ2v) is 12.4. The summed E-state index contributed by atoms with van der Waals surface area (Å²) in [6.07, 6.45) is 4.27. The fourth-order valence-electron chi connectivity index (χ4n) is 5.97. The minimum atomic E-state index is -0.410. The predicted molar refractivity (Wildman–Crippen MR) is 178 cm³/mol. The number of hydrogen-bond acceptors (Lipinski definition) is 2. The van der Waals surface area contributed by atoms with E-state index in [9.17, 15) is 0 Å². The highest BCUT2D eigenvalue weighted by Gasteiger charge is 2.28. The van der Waals surface area contributed by atoms with Gasteiger partial charge in [0.2, 0.25) is 0 Å². The van der Waals surface area contributed by atoms with Crippen molar-refractivity contribution in [3.63, 3.8) is 0 Å². The Morgan fingerprint density at radius 3 is 1.33 bits per heavy atom. The van der Waals surface area contributed by atoms with Gasteiger partial charge >= 0.3 is 0 Å². The number of hydrogen-bond donors (Lipinski definition) is 0. The molecule has 0 aliphatic carbocycles. The topological polar surface area (TPSA) is 35.6 Å². The zero-order chi connectivity index (χ0) is 30.1. The summed E-state index contributed by atoms with van der Waals surface area (Å²) in [4.78, 5) is 10.5. The third kappa shape index (κ3) is 5.34. The van der Waals surface area contributed by atoms with Gasteiger partial charge in [0.05, 0.1) is 34.2 Å². The van der Waals surface area contributed by atoms with Gasteiger partial charge in [0.15, 0.2) is 0 Å². The predicted octanol–water partition coefficient (Wildman–Crippen LogP) is 9.96. The molecule has 0 bridgehead atoms. The van der Waals surface area contributed by atoms with Gasteiger partial charge in [-0.1, -0.05) is 76.2 Å². The molecule has 0 unspecified atom stereocenters. The largest absolute Gasteiger partial charge is 0.315 e. The highest BCUT2D eigenvalue weighted by molar-refractivity contribution is 5.63. The van der Waals surface area contributed by atoms with E-state index in [4.69, 9.17) is 9.97 Å². The highest BCUT2D eigenvalue weighted by atomic mass is 15.0. The molecule has 0 aliphatic rings. The second kappa shape index (κ2) is 11.5. The maximum atomic E-state index is 5.25. The van der Waals surface area contributed by atoms with Crippen molar-refractivity contribution in [2.75, 3.05) is 0 Å². The van der Waals surface area contributed by atoms with Gasteiger partial charge in [0.1, 0.15) is 0 Å². The maximum Gasteiger partial charge on any atom is 0.0873 e. The molecule has 4 heteroatoms. The summed E-state index contributed by atoms with van der Waals surface area (Å²) in [6.45, 7) is 13.4. The molecule has 6 aromatic rings. The van der Waals surface area contributed by atoms with Crippen LogP contribution in [0.2, 0.25) is 0 Å². The minimum Gasteiger partial charge on any atom is -0.315 e. The third-order valence-electron chi connectivity index (χ3n) is 8.44. The summed E-state index contributed by atoms with van der Waals surface area (Å²) in [7, 11) is 0. The van der Waals surface area contributed by atoms with Crippen LogP contribution in [0.1, 0.15) is 75.9 Å². The van der Waals surface area contributed by atoms with Gasteiger partial charge in [-0.05, 0) is 97.5 Å². The van der Waals surface area contributed by atoms with Gasteiger partial charge in [0, 0.05) is 29.2 Å². The lowest BCUT2D eigenvalue weighted by atomic mass is 9.84. The van der Waals surface area contributed by atoms with Crippen LogP contribution in [0.15, 0.2) is 122 Å². The van der Waals surface area contributed by atoms with Gasteiger partial charge in [-0.25, -0.2) is 0 Å². The molecule has 0 N–H and O–H groups in total. The van der Waals surface area contributed by atoms with Gasteiger partial charge < -0.3 is 9.13 Å². The Kier molecular flexibility index (Phi) is 7.62. The standard InChI is InChI=1S/C39H40N4/c1-27(2)29-15-7-9-19-33(29)42-25-13-21-35(42)31-17-11-23-37(40-31)39(5,6)38-24-12-18-32(41-38)36-22-14-26-43(36)34-20-10-8-16-30(34)28(3)4/h7-28H,1-6H3. The van der Waals surface area contributed by atoms with Crippen molar-refractivity contribution >= 4 is 0 Å². The number of para-hydroxylation sites is 2. The Hall–Kier alpha value is -4.70. The minimum absolute atomic E-state index is 0.410. The van der Waals surface area contributed by atoms with E-state index >= 15 is 0 Å². The van der Waals surface area contributed by atoms with Gasteiger partial charge in [-0.15, -0.1) is 0 Å². The number of aromatic nitrogens is 4. The highest BCUT2D eigenvalue weighted by Crippen LogP contribution is 2.34. The molecule has 0 radical (unpaired) electrons. The fourth-order valence-corrected chi connectivity index (χ4v) is 5.97. The van der Waals surface area contributed by atoms with Gasteiger partial charge in [0.25, 0.3) is 0 Å². The quantitative estimate of drug-likeness (QED) is 0.184. The SMILES string of the molecule is CC(C)c1ccccc1-n1cccc1-c1cccc(C(C)(C)c2cccc(-c3cccn3-c3ccccc3C(C)C)n2)n1. The van der Waals surface area contributed by atoms with Crippen LogP contribution in [0, 0.1) is 0 Å². The fraction of sp³-hybridized carbons (Fsp3) is 0.231. The van der Waals surface area contributed by atoms with E-state index in [1.165, 1.54) is 22.5 Å². The monoisotopic (exact) mass is 564 g/mol. The molecule has 2 aromatic carbocycles. The number of benzene rings is 2. The zero-order valence-electron chi connectivity index (χ0n) is 26.0. The first-order valence-electron chi connectivity index (χ1n) is 15.2. The van der Waals surface area contributed by atoms with Crippen LogP contribution in [0.3, 0.4) is 0 Å². The molecule has 0 spiro atoms. The van der Waals surface area contributed by atoms with Crippen molar-refractivity contribution in [3.05, 3.63) is 144 Å². The van der Waals surface area contributed by atoms with E-state index < -0.39 is 5.41 Å². The van der Waals surface area contributed by atoms with Gasteiger partial charge in [-0.3, -0.25) is 9.97 Å². The van der Waals surface area contributed by atoms with Crippen LogP contribution in [0.4, 0.5) is 0 Å². The molecule has 43 heavy (non-hydrogen) atoms. The summed E-state index contributed by atoms with van der Waals surface area (Å²) in [6, 6.07) is 38.4. The van der Waals surface area contributed by atoms with Gasteiger partial charge in [-0.2, -0.15) is 0 Å². The lowest BCUT2D eigenvalue weighted by Crippen LogP contribution is -2.22. The Bertz CT molecular complexity index is 1730. The first-order valence-corrected chi connectivity index (χ1v) is 15.2. The molecule has 4 aromatic heterocycles. The van der Waals surface area contributed by atoms with Crippen molar-refractivity contribution in [2.45, 2.75) is 58.8 Å².